The van der Waals surface area contributed by atoms with Crippen molar-refractivity contribution >= 4 is 11.1 Å². The van der Waals surface area contributed by atoms with Crippen LogP contribution in [0.1, 0.15) is 49.3 Å². The number of rotatable bonds is 8. The molecule has 31 heavy (non-hydrogen) atoms. The average molecular weight is 412 g/mol. The van der Waals surface area contributed by atoms with E-state index >= 15 is 0 Å². The zero-order valence-corrected chi connectivity index (χ0v) is 18.6. The van der Waals surface area contributed by atoms with E-state index in [0.29, 0.717) is 6.73 Å². The molecule has 3 aromatic carbocycles. The van der Waals surface area contributed by atoms with Crippen molar-refractivity contribution in [2.24, 2.45) is 0 Å². The maximum Gasteiger partial charge on any atom is 0.142 e. The average Bonchev–Trinajstić information content (AvgIpc) is 2.85. The Morgan fingerprint density at radius 3 is 1.97 bits per heavy atom. The van der Waals surface area contributed by atoms with Crippen molar-refractivity contribution in [2.45, 2.75) is 39.0 Å². The van der Waals surface area contributed by atoms with E-state index in [0.717, 1.165) is 31.7 Å². The van der Waals surface area contributed by atoms with Gasteiger partial charge in [-0.15, -0.1) is 0 Å². The van der Waals surface area contributed by atoms with Gasteiger partial charge in [-0.25, -0.2) is 0 Å². The minimum absolute atomic E-state index is 0.694. The summed E-state index contributed by atoms with van der Waals surface area (Å²) in [6.45, 7) is 5.25. The third-order valence-electron chi connectivity index (χ3n) is 6.13. The summed E-state index contributed by atoms with van der Waals surface area (Å²) in [7, 11) is 0. The van der Waals surface area contributed by atoms with Gasteiger partial charge in [-0.1, -0.05) is 86.1 Å². The van der Waals surface area contributed by atoms with Crippen LogP contribution in [-0.4, -0.2) is 24.7 Å². The molecule has 0 unspecified atom stereocenters. The van der Waals surface area contributed by atoms with Gasteiger partial charge in [0.2, 0.25) is 0 Å². The zero-order valence-electron chi connectivity index (χ0n) is 18.6. The second-order valence-corrected chi connectivity index (χ2v) is 8.32. The van der Waals surface area contributed by atoms with Crippen molar-refractivity contribution < 1.29 is 4.74 Å². The summed E-state index contributed by atoms with van der Waals surface area (Å²) in [5, 5.41) is 0. The third-order valence-corrected chi connectivity index (χ3v) is 6.13. The molecule has 0 amide bonds. The van der Waals surface area contributed by atoms with Crippen LogP contribution in [0.5, 0.6) is 5.75 Å². The number of likely N-dealkylation sites (tertiary alicyclic amines) is 1. The molecule has 0 bridgehead atoms. The second-order valence-electron chi connectivity index (χ2n) is 8.32. The molecule has 3 aromatic rings. The molecule has 1 aliphatic heterocycles. The highest BCUT2D eigenvalue weighted by molar-refractivity contribution is 5.91. The minimum Gasteiger partial charge on any atom is -0.478 e. The van der Waals surface area contributed by atoms with E-state index in [9.17, 15) is 0 Å². The van der Waals surface area contributed by atoms with E-state index < -0.39 is 0 Å². The zero-order chi connectivity index (χ0) is 21.3. The molecule has 0 radical (unpaired) electrons. The summed E-state index contributed by atoms with van der Waals surface area (Å²) in [5.74, 6) is 0.953. The first-order valence-corrected chi connectivity index (χ1v) is 11.6. The van der Waals surface area contributed by atoms with Crippen LogP contribution in [0, 0.1) is 0 Å². The molecule has 1 fully saturated rings. The highest BCUT2D eigenvalue weighted by atomic mass is 16.5. The SMILES string of the molecule is CC/C(=C(\Cc1ccccc1)c1ccccc1)c1ccc(OCN2CCCCC2)cc1. The Balaban J connectivity index is 1.58. The van der Waals surface area contributed by atoms with Crippen molar-refractivity contribution in [2.75, 3.05) is 19.8 Å². The molecule has 0 aliphatic carbocycles. The Hall–Kier alpha value is -2.84. The Kier molecular flexibility index (Phi) is 7.57. The summed E-state index contributed by atoms with van der Waals surface area (Å²) in [5.41, 5.74) is 6.72. The monoisotopic (exact) mass is 411 g/mol. The smallest absolute Gasteiger partial charge is 0.142 e. The standard InChI is InChI=1S/C29H33NO/c1-2-28(26-16-18-27(19-17-26)31-23-30-20-10-5-11-21-30)29(25-14-8-4-9-15-25)22-24-12-6-3-7-13-24/h3-4,6-9,12-19H,2,5,10-11,20-23H2,1H3/b29-28-. The lowest BCUT2D eigenvalue weighted by molar-refractivity contribution is 0.106. The van der Waals surface area contributed by atoms with Crippen LogP contribution >= 0.6 is 0 Å². The van der Waals surface area contributed by atoms with Crippen LogP contribution in [0.3, 0.4) is 0 Å². The largest absolute Gasteiger partial charge is 0.478 e. The van der Waals surface area contributed by atoms with E-state index in [2.05, 4.69) is 96.8 Å². The van der Waals surface area contributed by atoms with E-state index in [1.54, 1.807) is 0 Å². The number of hydrogen-bond acceptors (Lipinski definition) is 2. The van der Waals surface area contributed by atoms with Crippen LogP contribution in [0.2, 0.25) is 0 Å². The predicted molar refractivity (Wildman–Crippen MR) is 131 cm³/mol. The highest BCUT2D eigenvalue weighted by Crippen LogP contribution is 2.32. The summed E-state index contributed by atoms with van der Waals surface area (Å²) in [6.07, 6.45) is 5.85. The maximum absolute atomic E-state index is 6.06. The molecule has 0 atom stereocenters. The lowest BCUT2D eigenvalue weighted by atomic mass is 9.89. The van der Waals surface area contributed by atoms with Crippen molar-refractivity contribution in [3.8, 4) is 5.75 Å². The van der Waals surface area contributed by atoms with Crippen LogP contribution < -0.4 is 4.74 Å². The van der Waals surface area contributed by atoms with Gasteiger partial charge in [-0.3, -0.25) is 4.90 Å². The van der Waals surface area contributed by atoms with E-state index in [1.807, 2.05) is 0 Å². The summed E-state index contributed by atoms with van der Waals surface area (Å²) in [6, 6.07) is 30.3. The first kappa shape index (κ1) is 21.4. The topological polar surface area (TPSA) is 12.5 Å². The summed E-state index contributed by atoms with van der Waals surface area (Å²) in [4.78, 5) is 2.40. The van der Waals surface area contributed by atoms with Crippen LogP contribution in [0.25, 0.3) is 11.1 Å². The van der Waals surface area contributed by atoms with Crippen molar-refractivity contribution in [3.05, 3.63) is 102 Å². The lowest BCUT2D eigenvalue weighted by Crippen LogP contribution is -2.33. The van der Waals surface area contributed by atoms with Gasteiger partial charge in [0.1, 0.15) is 12.5 Å². The van der Waals surface area contributed by atoms with Crippen molar-refractivity contribution in [3.63, 3.8) is 0 Å². The number of allylic oxidation sites excluding steroid dienone is 2. The Labute approximate surface area is 187 Å². The molecule has 2 heteroatoms. The van der Waals surface area contributed by atoms with Gasteiger partial charge in [0.05, 0.1) is 0 Å². The van der Waals surface area contributed by atoms with Crippen molar-refractivity contribution in [1.29, 1.82) is 0 Å². The molecule has 0 spiro atoms. The van der Waals surface area contributed by atoms with Crippen LogP contribution in [0.4, 0.5) is 0 Å². The first-order chi connectivity index (χ1) is 15.3. The molecule has 0 aromatic heterocycles. The number of hydrogen-bond donors (Lipinski definition) is 0. The predicted octanol–water partition coefficient (Wildman–Crippen LogP) is 7.07. The molecule has 1 heterocycles. The molecule has 160 valence electrons. The molecular weight excluding hydrogens is 378 g/mol. The quantitative estimate of drug-likeness (QED) is 0.367. The number of nitrogens with zero attached hydrogens (tertiary/aromatic N) is 1. The molecule has 0 N–H and O–H groups in total. The Bertz CT molecular complexity index is 955. The molecule has 2 nitrogen and oxygen atoms in total. The third kappa shape index (κ3) is 5.86. The normalized spacial score (nSPS) is 15.4. The molecular formula is C29H33NO. The van der Waals surface area contributed by atoms with E-state index in [1.165, 1.54) is 47.1 Å². The Morgan fingerprint density at radius 1 is 0.710 bits per heavy atom. The van der Waals surface area contributed by atoms with E-state index in [-0.39, 0.29) is 0 Å². The Morgan fingerprint density at radius 2 is 1.32 bits per heavy atom. The maximum atomic E-state index is 6.06. The number of ether oxygens (including phenoxy) is 1. The fourth-order valence-electron chi connectivity index (χ4n) is 4.42. The van der Waals surface area contributed by atoms with Crippen LogP contribution in [-0.2, 0) is 6.42 Å². The number of piperidine rings is 1. The highest BCUT2D eigenvalue weighted by Gasteiger charge is 2.13. The second kappa shape index (κ2) is 11.0. The van der Waals surface area contributed by atoms with Crippen molar-refractivity contribution in [1.82, 2.24) is 4.90 Å². The molecule has 0 saturated carbocycles. The van der Waals surface area contributed by atoms with Gasteiger partial charge in [-0.2, -0.15) is 0 Å². The van der Waals surface area contributed by atoms with Gasteiger partial charge in [0.25, 0.3) is 0 Å². The number of benzene rings is 3. The van der Waals surface area contributed by atoms with Gasteiger partial charge in [0.15, 0.2) is 0 Å². The van der Waals surface area contributed by atoms with Gasteiger partial charge in [-0.05, 0) is 65.7 Å². The van der Waals surface area contributed by atoms with E-state index in [4.69, 9.17) is 4.74 Å². The molecule has 1 saturated heterocycles. The fraction of sp³-hybridized carbons (Fsp3) is 0.310. The van der Waals surface area contributed by atoms with Gasteiger partial charge < -0.3 is 4.74 Å². The lowest BCUT2D eigenvalue weighted by Gasteiger charge is -2.26. The summed E-state index contributed by atoms with van der Waals surface area (Å²) >= 11 is 0. The summed E-state index contributed by atoms with van der Waals surface area (Å²) < 4.78 is 6.06. The molecule has 4 rings (SSSR count). The molecule has 1 aliphatic rings. The fourth-order valence-corrected chi connectivity index (χ4v) is 4.42. The minimum atomic E-state index is 0.694. The first-order valence-electron chi connectivity index (χ1n) is 11.6. The van der Waals surface area contributed by atoms with Gasteiger partial charge in [0, 0.05) is 13.1 Å². The van der Waals surface area contributed by atoms with Gasteiger partial charge >= 0.3 is 0 Å². The van der Waals surface area contributed by atoms with Crippen LogP contribution in [0.15, 0.2) is 84.9 Å².